The van der Waals surface area contributed by atoms with Gasteiger partial charge < -0.3 is 15.2 Å². The van der Waals surface area contributed by atoms with Crippen molar-refractivity contribution in [2.75, 3.05) is 6.54 Å². The highest BCUT2D eigenvalue weighted by Gasteiger charge is 2.06. The van der Waals surface area contributed by atoms with Crippen LogP contribution < -0.4 is 10.1 Å². The molecule has 0 aliphatic heterocycles. The summed E-state index contributed by atoms with van der Waals surface area (Å²) in [5.41, 5.74) is 0.680. The molecule has 0 fully saturated rings. The summed E-state index contributed by atoms with van der Waals surface area (Å²) in [4.78, 5) is 11.4. The van der Waals surface area contributed by atoms with Gasteiger partial charge in [0.25, 0.3) is 0 Å². The number of carbonyl (C=O) groups excluding carboxylic acids is 1. The van der Waals surface area contributed by atoms with Crippen molar-refractivity contribution in [3.8, 4) is 5.75 Å². The molecular weight excluding hydrogens is 244 g/mol. The normalized spacial score (nSPS) is 12.3. The Balaban J connectivity index is 2.45. The molecule has 0 bridgehead atoms. The molecule has 6 heteroatoms. The number of amides is 1. The van der Waals surface area contributed by atoms with Crippen LogP contribution in [0.25, 0.3) is 0 Å². The Morgan fingerprint density at radius 2 is 2.00 bits per heavy atom. The van der Waals surface area contributed by atoms with Gasteiger partial charge in [0.2, 0.25) is 5.91 Å². The number of carbonyl (C=O) groups is 1. The van der Waals surface area contributed by atoms with Crippen LogP contribution in [0.2, 0.25) is 0 Å². The van der Waals surface area contributed by atoms with E-state index >= 15 is 0 Å². The lowest BCUT2D eigenvalue weighted by Crippen LogP contribution is -2.31. The average Bonchev–Trinajstić information content (AvgIpc) is 2.28. The van der Waals surface area contributed by atoms with Crippen LogP contribution in [0.3, 0.4) is 0 Å². The van der Waals surface area contributed by atoms with E-state index < -0.39 is 12.7 Å². The summed E-state index contributed by atoms with van der Waals surface area (Å²) in [6.45, 7) is -1.10. The Hall–Kier alpha value is -1.69. The van der Waals surface area contributed by atoms with Gasteiger partial charge in [0.1, 0.15) is 5.75 Å². The van der Waals surface area contributed by atoms with Gasteiger partial charge in [-0.3, -0.25) is 4.79 Å². The van der Waals surface area contributed by atoms with Crippen LogP contribution in [0.4, 0.5) is 8.78 Å². The van der Waals surface area contributed by atoms with Crippen molar-refractivity contribution in [1.29, 1.82) is 0 Å². The first-order valence-electron chi connectivity index (χ1n) is 5.46. The Bertz CT molecular complexity index is 379. The first kappa shape index (κ1) is 14.4. The molecule has 1 amide bonds. The largest absolute Gasteiger partial charge is 0.435 e. The lowest BCUT2D eigenvalue weighted by Gasteiger charge is -2.08. The molecule has 0 saturated heterocycles. The van der Waals surface area contributed by atoms with Crippen LogP contribution in [-0.4, -0.2) is 30.3 Å². The Morgan fingerprint density at radius 3 is 2.50 bits per heavy atom. The molecule has 2 N–H and O–H groups in total. The fraction of sp³-hybridized carbons (Fsp3) is 0.417. The van der Waals surface area contributed by atoms with Gasteiger partial charge in [0, 0.05) is 6.54 Å². The summed E-state index contributed by atoms with van der Waals surface area (Å²) in [5.74, 6) is -0.184. The van der Waals surface area contributed by atoms with E-state index in [0.717, 1.165) is 0 Å². The van der Waals surface area contributed by atoms with E-state index in [2.05, 4.69) is 10.1 Å². The second-order valence-corrected chi connectivity index (χ2v) is 3.85. The third-order valence-electron chi connectivity index (χ3n) is 2.11. The molecule has 0 spiro atoms. The smallest absolute Gasteiger partial charge is 0.387 e. The number of halogens is 2. The van der Waals surface area contributed by atoms with Gasteiger partial charge in [-0.25, -0.2) is 0 Å². The molecule has 0 heterocycles. The number of rotatable bonds is 6. The van der Waals surface area contributed by atoms with Crippen molar-refractivity contribution in [2.24, 2.45) is 0 Å². The highest BCUT2D eigenvalue weighted by atomic mass is 19.3. The van der Waals surface area contributed by atoms with Crippen LogP contribution in [0.5, 0.6) is 5.75 Å². The maximum atomic E-state index is 11.9. The van der Waals surface area contributed by atoms with Crippen LogP contribution in [-0.2, 0) is 11.2 Å². The molecule has 0 aromatic heterocycles. The SMILES string of the molecule is C[C@@H](O)CNC(=O)Cc1ccc(OC(F)F)cc1. The Labute approximate surface area is 104 Å². The highest BCUT2D eigenvalue weighted by Crippen LogP contribution is 2.15. The number of aliphatic hydroxyl groups is 1. The van der Waals surface area contributed by atoms with Crippen molar-refractivity contribution < 1.29 is 23.4 Å². The van der Waals surface area contributed by atoms with Gasteiger partial charge in [-0.1, -0.05) is 12.1 Å². The zero-order chi connectivity index (χ0) is 13.5. The summed E-state index contributed by atoms with van der Waals surface area (Å²) in [6.07, 6.45) is -0.474. The van der Waals surface area contributed by atoms with E-state index in [-0.39, 0.29) is 24.6 Å². The molecule has 1 rings (SSSR count). The van der Waals surface area contributed by atoms with Crippen molar-refractivity contribution in [1.82, 2.24) is 5.32 Å². The van der Waals surface area contributed by atoms with E-state index in [0.29, 0.717) is 5.56 Å². The predicted octanol–water partition coefficient (Wildman–Crippen LogP) is 1.33. The molecule has 0 unspecified atom stereocenters. The lowest BCUT2D eigenvalue weighted by molar-refractivity contribution is -0.120. The van der Waals surface area contributed by atoms with E-state index in [1.165, 1.54) is 12.1 Å². The summed E-state index contributed by atoms with van der Waals surface area (Å²) in [5, 5.41) is 11.5. The summed E-state index contributed by atoms with van der Waals surface area (Å²) >= 11 is 0. The molecule has 0 radical (unpaired) electrons. The second-order valence-electron chi connectivity index (χ2n) is 3.85. The van der Waals surface area contributed by atoms with Crippen molar-refractivity contribution in [2.45, 2.75) is 26.1 Å². The lowest BCUT2D eigenvalue weighted by atomic mass is 10.1. The summed E-state index contributed by atoms with van der Waals surface area (Å²) in [7, 11) is 0. The van der Waals surface area contributed by atoms with Crippen molar-refractivity contribution in [3.63, 3.8) is 0 Å². The number of benzene rings is 1. The number of alkyl halides is 2. The van der Waals surface area contributed by atoms with Gasteiger partial charge >= 0.3 is 6.61 Å². The number of ether oxygens (including phenoxy) is 1. The van der Waals surface area contributed by atoms with E-state index in [1.54, 1.807) is 19.1 Å². The van der Waals surface area contributed by atoms with Gasteiger partial charge in [0.05, 0.1) is 12.5 Å². The van der Waals surface area contributed by atoms with E-state index in [9.17, 15) is 13.6 Å². The third kappa shape index (κ3) is 5.58. The fourth-order valence-corrected chi connectivity index (χ4v) is 1.30. The van der Waals surface area contributed by atoms with Crippen molar-refractivity contribution >= 4 is 5.91 Å². The molecule has 1 aromatic carbocycles. The standard InChI is InChI=1S/C12H15F2NO3/c1-8(16)7-15-11(17)6-9-2-4-10(5-3-9)18-12(13)14/h2-5,8,12,16H,6-7H2,1H3,(H,15,17)/t8-/m1/s1. The molecule has 1 atom stereocenters. The molecule has 0 aliphatic carbocycles. The third-order valence-corrected chi connectivity index (χ3v) is 2.11. The average molecular weight is 259 g/mol. The first-order valence-corrected chi connectivity index (χ1v) is 5.46. The minimum absolute atomic E-state index is 0.0538. The summed E-state index contributed by atoms with van der Waals surface area (Å²) < 4.78 is 28.0. The predicted molar refractivity (Wildman–Crippen MR) is 61.5 cm³/mol. The first-order chi connectivity index (χ1) is 8.47. The van der Waals surface area contributed by atoms with Gasteiger partial charge in [-0.15, -0.1) is 0 Å². The van der Waals surface area contributed by atoms with E-state index in [4.69, 9.17) is 5.11 Å². The van der Waals surface area contributed by atoms with E-state index in [1.807, 2.05) is 0 Å². The molecule has 100 valence electrons. The van der Waals surface area contributed by atoms with Gasteiger partial charge in [-0.05, 0) is 24.6 Å². The highest BCUT2D eigenvalue weighted by molar-refractivity contribution is 5.78. The maximum absolute atomic E-state index is 11.9. The second kappa shape index (κ2) is 6.90. The number of nitrogens with one attached hydrogen (secondary N) is 1. The van der Waals surface area contributed by atoms with Crippen LogP contribution in [0, 0.1) is 0 Å². The fourth-order valence-electron chi connectivity index (χ4n) is 1.30. The van der Waals surface area contributed by atoms with Crippen molar-refractivity contribution in [3.05, 3.63) is 29.8 Å². The van der Waals surface area contributed by atoms with Crippen LogP contribution >= 0.6 is 0 Å². The molecule has 1 aromatic rings. The molecule has 18 heavy (non-hydrogen) atoms. The van der Waals surface area contributed by atoms with Crippen LogP contribution in [0.15, 0.2) is 24.3 Å². The molecule has 0 saturated carbocycles. The maximum Gasteiger partial charge on any atom is 0.387 e. The quantitative estimate of drug-likeness (QED) is 0.810. The monoisotopic (exact) mass is 259 g/mol. The number of hydrogen-bond acceptors (Lipinski definition) is 3. The Kier molecular flexibility index (Phi) is 5.51. The topological polar surface area (TPSA) is 58.6 Å². The molecule has 0 aliphatic rings. The van der Waals surface area contributed by atoms with Gasteiger partial charge in [-0.2, -0.15) is 8.78 Å². The number of hydrogen-bond donors (Lipinski definition) is 2. The van der Waals surface area contributed by atoms with Crippen LogP contribution in [0.1, 0.15) is 12.5 Å². The molecule has 4 nitrogen and oxygen atoms in total. The Morgan fingerprint density at radius 1 is 1.39 bits per heavy atom. The minimum Gasteiger partial charge on any atom is -0.435 e. The summed E-state index contributed by atoms with van der Waals surface area (Å²) in [6, 6.07) is 5.84. The number of aliphatic hydroxyl groups excluding tert-OH is 1. The zero-order valence-electron chi connectivity index (χ0n) is 9.90. The zero-order valence-corrected chi connectivity index (χ0v) is 9.90. The minimum atomic E-state index is -2.86. The van der Waals surface area contributed by atoms with Gasteiger partial charge in [0.15, 0.2) is 0 Å². The molecular formula is C12H15F2NO3.